The highest BCUT2D eigenvalue weighted by Crippen LogP contribution is 2.25. The van der Waals surface area contributed by atoms with Crippen molar-refractivity contribution < 1.29 is 9.90 Å². The largest absolute Gasteiger partial charge is 0.478 e. The lowest BCUT2D eigenvalue weighted by Gasteiger charge is -2.17. The van der Waals surface area contributed by atoms with Crippen LogP contribution in [0.25, 0.3) is 0 Å². The van der Waals surface area contributed by atoms with Crippen molar-refractivity contribution in [2.24, 2.45) is 5.73 Å². The Hall–Kier alpha value is -1.55. The molecule has 92 valence electrons. The molecule has 0 saturated heterocycles. The average Bonchev–Trinajstić information content (AvgIpc) is 2.67. The minimum atomic E-state index is -0.880. The van der Waals surface area contributed by atoms with Crippen LogP contribution in [0.2, 0.25) is 0 Å². The van der Waals surface area contributed by atoms with Gasteiger partial charge in [0.2, 0.25) is 0 Å². The van der Waals surface area contributed by atoms with Gasteiger partial charge in [-0.25, -0.2) is 4.79 Å². The average molecular weight is 234 g/mol. The first kappa shape index (κ1) is 11.9. The van der Waals surface area contributed by atoms with Gasteiger partial charge in [0, 0.05) is 17.8 Å². The highest BCUT2D eigenvalue weighted by Gasteiger charge is 2.22. The second-order valence-corrected chi connectivity index (χ2v) is 4.70. The fraction of sp³-hybridized carbons (Fsp3) is 0.462. The van der Waals surface area contributed by atoms with Crippen LogP contribution < -0.4 is 11.1 Å². The molecule has 0 radical (unpaired) electrons. The third kappa shape index (κ3) is 2.58. The molecule has 0 amide bonds. The number of hydrogen-bond acceptors (Lipinski definition) is 3. The summed E-state index contributed by atoms with van der Waals surface area (Å²) in [7, 11) is 0. The molecule has 0 heterocycles. The van der Waals surface area contributed by atoms with E-state index in [1.54, 1.807) is 12.1 Å². The molecule has 2 unspecified atom stereocenters. The van der Waals surface area contributed by atoms with Crippen molar-refractivity contribution in [3.05, 3.63) is 29.3 Å². The summed E-state index contributed by atoms with van der Waals surface area (Å²) in [6.07, 6.45) is 3.05. The normalized spacial score (nSPS) is 23.6. The van der Waals surface area contributed by atoms with Gasteiger partial charge < -0.3 is 16.2 Å². The first-order valence-electron chi connectivity index (χ1n) is 5.93. The Morgan fingerprint density at radius 2 is 2.24 bits per heavy atom. The van der Waals surface area contributed by atoms with Crippen LogP contribution in [0.3, 0.4) is 0 Å². The minimum absolute atomic E-state index is 0.274. The maximum absolute atomic E-state index is 11.0. The summed E-state index contributed by atoms with van der Waals surface area (Å²) >= 11 is 0. The number of benzene rings is 1. The van der Waals surface area contributed by atoms with Gasteiger partial charge in [0.25, 0.3) is 0 Å². The number of aromatic carboxylic acids is 1. The van der Waals surface area contributed by atoms with Gasteiger partial charge in [-0.3, -0.25) is 0 Å². The molecular formula is C13H18N2O2. The van der Waals surface area contributed by atoms with Crippen LogP contribution in [-0.2, 0) is 0 Å². The van der Waals surface area contributed by atoms with Crippen molar-refractivity contribution in [2.75, 3.05) is 5.32 Å². The standard InChI is InChI=1S/C13H18N2O2/c1-8-11(13(16)17)3-2-4-12(8)15-10-6-5-9(14)7-10/h2-4,9-10,15H,5-7,14H2,1H3,(H,16,17). The van der Waals surface area contributed by atoms with Crippen LogP contribution in [0.1, 0.15) is 35.2 Å². The molecule has 4 nitrogen and oxygen atoms in total. The summed E-state index contributed by atoms with van der Waals surface area (Å²) in [6, 6.07) is 5.96. The maximum atomic E-state index is 11.0. The number of rotatable bonds is 3. The Bertz CT molecular complexity index is 431. The molecule has 4 heteroatoms. The fourth-order valence-corrected chi connectivity index (χ4v) is 2.39. The molecule has 1 fully saturated rings. The van der Waals surface area contributed by atoms with Crippen LogP contribution in [0.4, 0.5) is 5.69 Å². The highest BCUT2D eigenvalue weighted by molar-refractivity contribution is 5.91. The first-order valence-corrected chi connectivity index (χ1v) is 5.93. The van der Waals surface area contributed by atoms with E-state index in [2.05, 4.69) is 5.32 Å². The number of carboxylic acids is 1. The van der Waals surface area contributed by atoms with E-state index in [-0.39, 0.29) is 6.04 Å². The summed E-state index contributed by atoms with van der Waals surface area (Å²) in [5.74, 6) is -0.880. The van der Waals surface area contributed by atoms with Crippen molar-refractivity contribution in [3.63, 3.8) is 0 Å². The summed E-state index contributed by atoms with van der Waals surface area (Å²) in [5, 5.41) is 12.4. The minimum Gasteiger partial charge on any atom is -0.478 e. The zero-order valence-corrected chi connectivity index (χ0v) is 9.94. The zero-order valence-electron chi connectivity index (χ0n) is 9.94. The van der Waals surface area contributed by atoms with Gasteiger partial charge in [-0.05, 0) is 43.9 Å². The number of nitrogens with one attached hydrogen (secondary N) is 1. The zero-order chi connectivity index (χ0) is 12.4. The quantitative estimate of drug-likeness (QED) is 0.747. The number of carbonyl (C=O) groups is 1. The van der Waals surface area contributed by atoms with Crippen molar-refractivity contribution in [2.45, 2.75) is 38.3 Å². The maximum Gasteiger partial charge on any atom is 0.336 e. The van der Waals surface area contributed by atoms with Gasteiger partial charge in [0.15, 0.2) is 0 Å². The van der Waals surface area contributed by atoms with Crippen LogP contribution in [0.5, 0.6) is 0 Å². The molecule has 1 saturated carbocycles. The molecular weight excluding hydrogens is 216 g/mol. The van der Waals surface area contributed by atoms with Crippen LogP contribution in [-0.4, -0.2) is 23.2 Å². The van der Waals surface area contributed by atoms with Crippen LogP contribution >= 0.6 is 0 Å². The van der Waals surface area contributed by atoms with Gasteiger partial charge in [0.1, 0.15) is 0 Å². The van der Waals surface area contributed by atoms with Gasteiger partial charge in [-0.2, -0.15) is 0 Å². The van der Waals surface area contributed by atoms with Gasteiger partial charge >= 0.3 is 5.97 Å². The molecule has 2 rings (SSSR count). The van der Waals surface area contributed by atoms with Crippen LogP contribution in [0, 0.1) is 6.92 Å². The number of hydrogen-bond donors (Lipinski definition) is 3. The Morgan fingerprint density at radius 3 is 2.82 bits per heavy atom. The molecule has 0 spiro atoms. The third-order valence-electron chi connectivity index (χ3n) is 3.40. The number of nitrogens with two attached hydrogens (primary N) is 1. The van der Waals surface area contributed by atoms with Gasteiger partial charge in [0.05, 0.1) is 5.56 Å². The Balaban J connectivity index is 2.16. The fourth-order valence-electron chi connectivity index (χ4n) is 2.39. The molecule has 0 bridgehead atoms. The Labute approximate surface area is 101 Å². The van der Waals surface area contributed by atoms with E-state index in [1.807, 2.05) is 13.0 Å². The van der Waals surface area contributed by atoms with E-state index in [1.165, 1.54) is 0 Å². The van der Waals surface area contributed by atoms with E-state index in [0.717, 1.165) is 30.5 Å². The predicted octanol–water partition coefficient (Wildman–Crippen LogP) is 1.98. The smallest absolute Gasteiger partial charge is 0.336 e. The monoisotopic (exact) mass is 234 g/mol. The lowest BCUT2D eigenvalue weighted by Crippen LogP contribution is -2.21. The summed E-state index contributed by atoms with van der Waals surface area (Å²) in [6.45, 7) is 1.83. The summed E-state index contributed by atoms with van der Waals surface area (Å²) in [5.41, 5.74) is 7.92. The Kier molecular flexibility index (Phi) is 3.33. The molecule has 1 aromatic rings. The second-order valence-electron chi connectivity index (χ2n) is 4.70. The van der Waals surface area contributed by atoms with Gasteiger partial charge in [-0.15, -0.1) is 0 Å². The summed E-state index contributed by atoms with van der Waals surface area (Å²) in [4.78, 5) is 11.0. The molecule has 0 aromatic heterocycles. The number of carboxylic acid groups (broad SMARTS) is 1. The SMILES string of the molecule is Cc1c(NC2CCC(N)C2)cccc1C(=O)O. The second kappa shape index (κ2) is 4.75. The molecule has 0 aliphatic heterocycles. The van der Waals surface area contributed by atoms with Crippen molar-refractivity contribution in [3.8, 4) is 0 Å². The molecule has 1 aliphatic carbocycles. The van der Waals surface area contributed by atoms with E-state index in [9.17, 15) is 4.79 Å². The molecule has 17 heavy (non-hydrogen) atoms. The lowest BCUT2D eigenvalue weighted by molar-refractivity contribution is 0.0696. The highest BCUT2D eigenvalue weighted by atomic mass is 16.4. The van der Waals surface area contributed by atoms with Crippen molar-refractivity contribution in [1.29, 1.82) is 0 Å². The Morgan fingerprint density at radius 1 is 1.47 bits per heavy atom. The topological polar surface area (TPSA) is 75.3 Å². The van der Waals surface area contributed by atoms with Crippen molar-refractivity contribution in [1.82, 2.24) is 0 Å². The number of anilines is 1. The van der Waals surface area contributed by atoms with Gasteiger partial charge in [-0.1, -0.05) is 6.07 Å². The summed E-state index contributed by atoms with van der Waals surface area (Å²) < 4.78 is 0. The molecule has 2 atom stereocenters. The van der Waals surface area contributed by atoms with E-state index in [0.29, 0.717) is 11.6 Å². The van der Waals surface area contributed by atoms with Crippen molar-refractivity contribution >= 4 is 11.7 Å². The van der Waals surface area contributed by atoms with E-state index >= 15 is 0 Å². The molecule has 1 aromatic carbocycles. The predicted molar refractivity (Wildman–Crippen MR) is 67.4 cm³/mol. The first-order chi connectivity index (χ1) is 8.08. The lowest BCUT2D eigenvalue weighted by atomic mass is 10.1. The van der Waals surface area contributed by atoms with E-state index < -0.39 is 5.97 Å². The molecule has 4 N–H and O–H groups in total. The third-order valence-corrected chi connectivity index (χ3v) is 3.40. The van der Waals surface area contributed by atoms with Crippen LogP contribution in [0.15, 0.2) is 18.2 Å². The van der Waals surface area contributed by atoms with E-state index in [4.69, 9.17) is 10.8 Å². The molecule has 1 aliphatic rings.